The summed E-state index contributed by atoms with van der Waals surface area (Å²) in [6, 6.07) is 56.6. The molecule has 0 atom stereocenters. The van der Waals surface area contributed by atoms with Crippen LogP contribution in [0.25, 0.3) is 83.2 Å². The fourth-order valence-corrected chi connectivity index (χ4v) is 8.30. The van der Waals surface area contributed by atoms with Gasteiger partial charge in [0.1, 0.15) is 5.52 Å². The molecule has 0 bridgehead atoms. The van der Waals surface area contributed by atoms with Crippen LogP contribution >= 0.6 is 0 Å². The third-order valence-corrected chi connectivity index (χ3v) is 10.6. The Morgan fingerprint density at radius 3 is 1.92 bits per heavy atom. The van der Waals surface area contributed by atoms with Gasteiger partial charge in [-0.3, -0.25) is 0 Å². The molecule has 236 valence electrons. The van der Waals surface area contributed by atoms with Gasteiger partial charge in [-0.15, -0.1) is 0 Å². The van der Waals surface area contributed by atoms with E-state index in [1.54, 1.807) is 0 Å². The fraction of sp³-hybridized carbons (Fsp3) is 0.0638. The number of aromatic nitrogens is 3. The zero-order valence-corrected chi connectivity index (χ0v) is 27.9. The number of benzene rings is 7. The summed E-state index contributed by atoms with van der Waals surface area (Å²) in [5, 5.41) is 3.52. The average molecular weight is 640 g/mol. The van der Waals surface area contributed by atoms with Crippen molar-refractivity contribution in [2.45, 2.75) is 19.3 Å². The molecule has 2 heterocycles. The van der Waals surface area contributed by atoms with E-state index in [0.29, 0.717) is 0 Å². The summed E-state index contributed by atoms with van der Waals surface area (Å²) in [5.41, 5.74) is 15.0. The van der Waals surface area contributed by atoms with Crippen molar-refractivity contribution in [3.05, 3.63) is 175 Å². The van der Waals surface area contributed by atoms with Gasteiger partial charge >= 0.3 is 0 Å². The minimum absolute atomic E-state index is 0.212. The van der Waals surface area contributed by atoms with Gasteiger partial charge in [-0.25, -0.2) is 9.97 Å². The molecule has 3 nitrogen and oxygen atoms in total. The first-order valence-electron chi connectivity index (χ1n) is 17.3. The van der Waals surface area contributed by atoms with E-state index in [4.69, 9.17) is 9.97 Å². The molecule has 0 saturated heterocycles. The quantitative estimate of drug-likeness (QED) is 0.192. The Labute approximate surface area is 291 Å². The predicted octanol–water partition coefficient (Wildman–Crippen LogP) is 12.0. The van der Waals surface area contributed by atoms with Crippen LogP contribution in [-0.4, -0.2) is 14.5 Å². The molecule has 0 unspecified atom stereocenters. The molecule has 50 heavy (non-hydrogen) atoms. The van der Waals surface area contributed by atoms with Crippen molar-refractivity contribution in [3.8, 4) is 50.5 Å². The first-order chi connectivity index (χ1) is 24.6. The van der Waals surface area contributed by atoms with Crippen LogP contribution in [-0.2, 0) is 5.41 Å². The summed E-state index contributed by atoms with van der Waals surface area (Å²) >= 11 is 0. The van der Waals surface area contributed by atoms with E-state index < -0.39 is 0 Å². The van der Waals surface area contributed by atoms with Crippen LogP contribution in [0.15, 0.2) is 164 Å². The Morgan fingerprint density at radius 2 is 1.16 bits per heavy atom. The normalized spacial score (nSPS) is 13.2. The van der Waals surface area contributed by atoms with E-state index in [0.717, 1.165) is 39.0 Å². The van der Waals surface area contributed by atoms with Crippen LogP contribution in [0.4, 0.5) is 0 Å². The highest BCUT2D eigenvalue weighted by Crippen LogP contribution is 2.53. The van der Waals surface area contributed by atoms with Crippen molar-refractivity contribution in [2.24, 2.45) is 0 Å². The van der Waals surface area contributed by atoms with Crippen LogP contribution in [0, 0.1) is 0 Å². The minimum atomic E-state index is -0.212. The Morgan fingerprint density at radius 1 is 0.520 bits per heavy atom. The van der Waals surface area contributed by atoms with E-state index in [-0.39, 0.29) is 5.41 Å². The van der Waals surface area contributed by atoms with Gasteiger partial charge in [0.25, 0.3) is 0 Å². The van der Waals surface area contributed by atoms with Gasteiger partial charge in [0.2, 0.25) is 0 Å². The third kappa shape index (κ3) is 4.23. The first-order valence-corrected chi connectivity index (χ1v) is 17.3. The number of rotatable bonds is 4. The second-order valence-electron chi connectivity index (χ2n) is 13.8. The summed E-state index contributed by atoms with van der Waals surface area (Å²) in [6.07, 6.45) is 2.04. The van der Waals surface area contributed by atoms with Crippen LogP contribution in [0.1, 0.15) is 25.0 Å². The van der Waals surface area contributed by atoms with Crippen molar-refractivity contribution in [1.82, 2.24) is 14.5 Å². The molecule has 7 aromatic carbocycles. The van der Waals surface area contributed by atoms with E-state index in [2.05, 4.69) is 176 Å². The smallest absolute Gasteiger partial charge is 0.160 e. The van der Waals surface area contributed by atoms with Gasteiger partial charge < -0.3 is 4.57 Å². The van der Waals surface area contributed by atoms with Crippen LogP contribution in [0.2, 0.25) is 0 Å². The number of fused-ring (bicyclic) bond motifs is 8. The Bertz CT molecular complexity index is 2710. The molecule has 0 amide bonds. The monoisotopic (exact) mass is 639 g/mol. The Hall–Kier alpha value is -6.32. The van der Waals surface area contributed by atoms with Crippen LogP contribution < -0.4 is 0 Å². The van der Waals surface area contributed by atoms with Gasteiger partial charge in [-0.2, -0.15) is 0 Å². The second-order valence-corrected chi connectivity index (χ2v) is 13.8. The zero-order valence-electron chi connectivity index (χ0n) is 27.9. The summed E-state index contributed by atoms with van der Waals surface area (Å²) < 4.78 is 2.38. The molecule has 2 aromatic heterocycles. The van der Waals surface area contributed by atoms with Crippen LogP contribution in [0.5, 0.6) is 0 Å². The van der Waals surface area contributed by atoms with Crippen molar-refractivity contribution >= 4 is 32.7 Å². The van der Waals surface area contributed by atoms with Gasteiger partial charge in [0, 0.05) is 22.1 Å². The standard InChI is InChI=1S/C47H33N3/c1-47(2)40-23-12-11-21-37(40)38-24-25-41-43(44(38)47)45-42(29-48-46(49-45)39-22-13-19-32-18-9-10-20-36(32)39)50(41)35-27-33(30-14-5-3-6-15-30)26-34(28-35)31-16-7-4-8-17-31/h3-29H,1-2H3. The molecular formula is C47H33N3. The molecule has 0 saturated carbocycles. The minimum Gasteiger partial charge on any atom is -0.306 e. The Balaban J connectivity index is 1.32. The van der Waals surface area contributed by atoms with Crippen molar-refractivity contribution in [3.63, 3.8) is 0 Å². The summed E-state index contributed by atoms with van der Waals surface area (Å²) in [6.45, 7) is 4.72. The topological polar surface area (TPSA) is 30.7 Å². The lowest BCUT2D eigenvalue weighted by Gasteiger charge is -2.22. The number of hydrogen-bond acceptors (Lipinski definition) is 2. The number of hydrogen-bond donors (Lipinski definition) is 0. The van der Waals surface area contributed by atoms with Gasteiger partial charge in [0.05, 0.1) is 17.2 Å². The molecule has 0 radical (unpaired) electrons. The lowest BCUT2D eigenvalue weighted by Crippen LogP contribution is -2.15. The molecule has 1 aliphatic carbocycles. The van der Waals surface area contributed by atoms with Crippen molar-refractivity contribution < 1.29 is 0 Å². The molecule has 10 rings (SSSR count). The lowest BCUT2D eigenvalue weighted by molar-refractivity contribution is 0.666. The maximum Gasteiger partial charge on any atom is 0.160 e. The fourth-order valence-electron chi connectivity index (χ4n) is 8.30. The Kier molecular flexibility index (Phi) is 6.22. The summed E-state index contributed by atoms with van der Waals surface area (Å²) in [4.78, 5) is 10.6. The summed E-state index contributed by atoms with van der Waals surface area (Å²) in [5.74, 6) is 0.738. The molecule has 0 fully saturated rings. The highest BCUT2D eigenvalue weighted by molar-refractivity contribution is 6.13. The zero-order chi connectivity index (χ0) is 33.4. The summed E-state index contributed by atoms with van der Waals surface area (Å²) in [7, 11) is 0. The van der Waals surface area contributed by atoms with Crippen LogP contribution in [0.3, 0.4) is 0 Å². The maximum absolute atomic E-state index is 5.51. The van der Waals surface area contributed by atoms with Gasteiger partial charge in [-0.05, 0) is 79.5 Å². The SMILES string of the molecule is CC1(C)c2ccccc2-c2ccc3c(c21)c1nc(-c2cccc4ccccc24)ncc1n3-c1cc(-c2ccccc2)cc(-c2ccccc2)c1. The molecule has 9 aromatic rings. The number of nitrogens with zero attached hydrogens (tertiary/aromatic N) is 3. The average Bonchev–Trinajstić information content (AvgIpc) is 3.63. The highest BCUT2D eigenvalue weighted by Gasteiger charge is 2.38. The largest absolute Gasteiger partial charge is 0.306 e. The molecule has 0 spiro atoms. The van der Waals surface area contributed by atoms with Gasteiger partial charge in [-0.1, -0.05) is 147 Å². The van der Waals surface area contributed by atoms with E-state index >= 15 is 0 Å². The first kappa shape index (κ1) is 28.7. The molecule has 1 aliphatic rings. The lowest BCUT2D eigenvalue weighted by atomic mass is 9.81. The highest BCUT2D eigenvalue weighted by atomic mass is 15.0. The molecule has 0 N–H and O–H groups in total. The maximum atomic E-state index is 5.51. The van der Waals surface area contributed by atoms with Crippen molar-refractivity contribution in [2.75, 3.05) is 0 Å². The van der Waals surface area contributed by atoms with E-state index in [1.807, 2.05) is 6.20 Å². The van der Waals surface area contributed by atoms with E-state index in [1.165, 1.54) is 55.3 Å². The third-order valence-electron chi connectivity index (χ3n) is 10.6. The van der Waals surface area contributed by atoms with E-state index in [9.17, 15) is 0 Å². The molecule has 3 heteroatoms. The molecular weight excluding hydrogens is 607 g/mol. The van der Waals surface area contributed by atoms with Gasteiger partial charge in [0.15, 0.2) is 5.82 Å². The predicted molar refractivity (Wildman–Crippen MR) is 208 cm³/mol. The van der Waals surface area contributed by atoms with Crippen molar-refractivity contribution in [1.29, 1.82) is 0 Å². The second kappa shape index (κ2) is 10.8. The molecule has 0 aliphatic heterocycles.